The van der Waals surface area contributed by atoms with Gasteiger partial charge >= 0.3 is 0 Å². The van der Waals surface area contributed by atoms with Crippen molar-refractivity contribution in [3.8, 4) is 6.07 Å². The van der Waals surface area contributed by atoms with Gasteiger partial charge in [-0.05, 0) is 69.4 Å². The van der Waals surface area contributed by atoms with E-state index in [0.29, 0.717) is 28.6 Å². The maximum atomic E-state index is 14.9. The third-order valence-corrected chi connectivity index (χ3v) is 7.08. The molecule has 2 atom stereocenters. The summed E-state index contributed by atoms with van der Waals surface area (Å²) in [5, 5.41) is 28.8. The third kappa shape index (κ3) is 4.62. The van der Waals surface area contributed by atoms with Crippen LogP contribution in [0, 0.1) is 33.9 Å². The molecule has 0 bridgehead atoms. The molecule has 1 spiro atoms. The van der Waals surface area contributed by atoms with Crippen LogP contribution in [0.2, 0.25) is 0 Å². The highest BCUT2D eigenvalue weighted by molar-refractivity contribution is 5.88. The van der Waals surface area contributed by atoms with E-state index < -0.39 is 11.2 Å². The predicted octanol–water partition coefficient (Wildman–Crippen LogP) is 4.93. The lowest BCUT2D eigenvalue weighted by Crippen LogP contribution is -2.34. The molecule has 2 aliphatic carbocycles. The number of hydrogen-bond acceptors (Lipinski definition) is 7. The molecule has 7 nitrogen and oxygen atoms in total. The normalized spacial score (nSPS) is 24.1. The molecule has 5 rings (SSSR count). The van der Waals surface area contributed by atoms with Crippen LogP contribution in [0.4, 0.5) is 21.7 Å². The number of aliphatic hydroxyl groups is 1. The van der Waals surface area contributed by atoms with Crippen molar-refractivity contribution in [2.24, 2.45) is 11.3 Å². The number of nitrogens with zero attached hydrogens (tertiary/aromatic N) is 4. The minimum atomic E-state index is -0.727. The first-order valence-electron chi connectivity index (χ1n) is 12.0. The van der Waals surface area contributed by atoms with E-state index in [9.17, 15) is 9.65 Å². The number of aromatic nitrogens is 2. The highest BCUT2D eigenvalue weighted by Crippen LogP contribution is 2.78. The Bertz CT molecular complexity index is 1110. The standard InChI is InChI=1S/C23H25FN6.C3H8O/c1-15-3-2-6-30(11-15)21-9-20(27-14-28-21)29-19-8-17(18(24)7-16(19)10-25)23(13-26)12-22(23)4-5-22;1-3(2)4/h7-10,14-15,25H,2-6,11-12H2,1H3,(H,27,28,29);3-4H,1-2H3/t15?,23-;/m0./s1. The molecular formula is C26H33FN6O. The molecule has 2 saturated carbocycles. The Hall–Kier alpha value is -3.05. The van der Waals surface area contributed by atoms with Crippen LogP contribution >= 0.6 is 0 Å². The van der Waals surface area contributed by atoms with Crippen molar-refractivity contribution in [1.82, 2.24) is 9.97 Å². The number of aliphatic hydroxyl groups excluding tert-OH is 1. The van der Waals surface area contributed by atoms with Gasteiger partial charge in [-0.15, -0.1) is 0 Å². The number of nitriles is 1. The summed E-state index contributed by atoms with van der Waals surface area (Å²) in [6.07, 6.45) is 7.56. The minimum Gasteiger partial charge on any atom is -0.394 e. The zero-order valence-corrected chi connectivity index (χ0v) is 20.1. The molecule has 1 saturated heterocycles. The molecule has 34 heavy (non-hydrogen) atoms. The van der Waals surface area contributed by atoms with Crippen molar-refractivity contribution in [3.05, 3.63) is 41.5 Å². The maximum absolute atomic E-state index is 14.9. The van der Waals surface area contributed by atoms with Crippen LogP contribution in [0.25, 0.3) is 0 Å². The summed E-state index contributed by atoms with van der Waals surface area (Å²) < 4.78 is 14.9. The second-order valence-electron chi connectivity index (χ2n) is 10.2. The number of anilines is 3. The SMILES string of the molecule is CC(C)O.CC1CCCN(c2cc(Nc3cc([C@@]4(C#N)CC45CC5)c(F)cc3C=N)ncn2)C1. The van der Waals surface area contributed by atoms with Gasteiger partial charge in [-0.25, -0.2) is 14.4 Å². The Morgan fingerprint density at radius 3 is 2.65 bits per heavy atom. The molecule has 1 aromatic heterocycles. The highest BCUT2D eigenvalue weighted by Gasteiger charge is 2.76. The number of benzene rings is 1. The Morgan fingerprint density at radius 2 is 2.06 bits per heavy atom. The smallest absolute Gasteiger partial charge is 0.135 e. The summed E-state index contributed by atoms with van der Waals surface area (Å²) in [5.41, 5.74) is 0.709. The lowest BCUT2D eigenvalue weighted by molar-refractivity contribution is 0.216. The van der Waals surface area contributed by atoms with Gasteiger partial charge in [-0.2, -0.15) is 5.26 Å². The van der Waals surface area contributed by atoms with Gasteiger partial charge in [0.2, 0.25) is 0 Å². The van der Waals surface area contributed by atoms with Crippen molar-refractivity contribution in [2.45, 2.75) is 64.4 Å². The fourth-order valence-corrected chi connectivity index (χ4v) is 5.08. The first-order chi connectivity index (χ1) is 16.2. The molecule has 1 aliphatic heterocycles. The van der Waals surface area contributed by atoms with Crippen molar-refractivity contribution < 1.29 is 9.50 Å². The van der Waals surface area contributed by atoms with Crippen LogP contribution in [0.3, 0.4) is 0 Å². The van der Waals surface area contributed by atoms with E-state index in [2.05, 4.69) is 33.2 Å². The maximum Gasteiger partial charge on any atom is 0.135 e. The largest absolute Gasteiger partial charge is 0.394 e. The van der Waals surface area contributed by atoms with Crippen LogP contribution in [0.15, 0.2) is 24.5 Å². The summed E-state index contributed by atoms with van der Waals surface area (Å²) in [7, 11) is 0. The van der Waals surface area contributed by atoms with E-state index in [0.717, 1.165) is 50.8 Å². The molecule has 3 fully saturated rings. The lowest BCUT2D eigenvalue weighted by atomic mass is 9.91. The zero-order chi connectivity index (χ0) is 24.5. The summed E-state index contributed by atoms with van der Waals surface area (Å²) in [6, 6.07) is 7.35. The Kier molecular flexibility index (Phi) is 6.59. The topological polar surface area (TPSA) is 109 Å². The number of hydrogen-bond donors (Lipinski definition) is 3. The second-order valence-corrected chi connectivity index (χ2v) is 10.2. The average molecular weight is 465 g/mol. The van der Waals surface area contributed by atoms with Gasteiger partial charge in [-0.1, -0.05) is 6.92 Å². The quantitative estimate of drug-likeness (QED) is 0.542. The third-order valence-electron chi connectivity index (χ3n) is 7.08. The monoisotopic (exact) mass is 464 g/mol. The fourth-order valence-electron chi connectivity index (χ4n) is 5.08. The van der Waals surface area contributed by atoms with Crippen LogP contribution in [-0.2, 0) is 5.41 Å². The molecule has 0 radical (unpaired) electrons. The van der Waals surface area contributed by atoms with E-state index in [4.69, 9.17) is 10.5 Å². The molecule has 2 aromatic rings. The lowest BCUT2D eigenvalue weighted by Gasteiger charge is -2.31. The number of halogens is 1. The van der Waals surface area contributed by atoms with Gasteiger partial charge in [-0.3, -0.25) is 0 Å². The summed E-state index contributed by atoms with van der Waals surface area (Å²) in [6.45, 7) is 7.63. The van der Waals surface area contributed by atoms with Crippen molar-refractivity contribution in [3.63, 3.8) is 0 Å². The number of nitrogens with one attached hydrogen (secondary N) is 2. The van der Waals surface area contributed by atoms with E-state index in [1.54, 1.807) is 19.9 Å². The second kappa shape index (κ2) is 9.30. The molecule has 8 heteroatoms. The summed E-state index contributed by atoms with van der Waals surface area (Å²) >= 11 is 0. The van der Waals surface area contributed by atoms with Gasteiger partial charge < -0.3 is 20.7 Å². The molecule has 0 amide bonds. The Balaban J connectivity index is 0.000000636. The molecular weight excluding hydrogens is 431 g/mol. The van der Waals surface area contributed by atoms with Crippen LogP contribution in [-0.4, -0.2) is 40.5 Å². The van der Waals surface area contributed by atoms with E-state index in [-0.39, 0.29) is 11.5 Å². The van der Waals surface area contributed by atoms with Gasteiger partial charge in [0.05, 0.1) is 11.5 Å². The summed E-state index contributed by atoms with van der Waals surface area (Å²) in [4.78, 5) is 11.0. The number of rotatable bonds is 5. The van der Waals surface area contributed by atoms with Crippen molar-refractivity contribution in [2.75, 3.05) is 23.3 Å². The molecule has 3 aliphatic rings. The molecule has 3 N–H and O–H groups in total. The Labute approximate surface area is 200 Å². The predicted molar refractivity (Wildman–Crippen MR) is 131 cm³/mol. The van der Waals surface area contributed by atoms with Gasteiger partial charge in [0.15, 0.2) is 0 Å². The molecule has 1 unspecified atom stereocenters. The molecule has 2 heterocycles. The van der Waals surface area contributed by atoms with Gasteiger partial charge in [0.1, 0.15) is 23.8 Å². The molecule has 1 aromatic carbocycles. The van der Waals surface area contributed by atoms with Crippen molar-refractivity contribution >= 4 is 23.5 Å². The van der Waals surface area contributed by atoms with E-state index in [1.807, 2.05) is 6.07 Å². The van der Waals surface area contributed by atoms with E-state index >= 15 is 0 Å². The van der Waals surface area contributed by atoms with Gasteiger partial charge in [0, 0.05) is 48.3 Å². The highest BCUT2D eigenvalue weighted by atomic mass is 19.1. The Morgan fingerprint density at radius 1 is 1.32 bits per heavy atom. The van der Waals surface area contributed by atoms with Crippen LogP contribution in [0.1, 0.15) is 64.0 Å². The fraction of sp³-hybridized carbons (Fsp3) is 0.538. The first kappa shape index (κ1) is 24.1. The number of piperidine rings is 1. The zero-order valence-electron chi connectivity index (χ0n) is 20.1. The van der Waals surface area contributed by atoms with E-state index in [1.165, 1.54) is 18.8 Å². The first-order valence-corrected chi connectivity index (χ1v) is 12.0. The van der Waals surface area contributed by atoms with Crippen LogP contribution in [0.5, 0.6) is 0 Å². The van der Waals surface area contributed by atoms with Gasteiger partial charge in [0.25, 0.3) is 0 Å². The van der Waals surface area contributed by atoms with Crippen molar-refractivity contribution in [1.29, 1.82) is 10.7 Å². The molecule has 180 valence electrons. The van der Waals surface area contributed by atoms with Crippen LogP contribution < -0.4 is 10.2 Å². The summed E-state index contributed by atoms with van der Waals surface area (Å²) in [5.74, 6) is 1.69. The minimum absolute atomic E-state index is 0.0287. The average Bonchev–Trinajstić information content (AvgIpc) is 3.72.